The number of furan rings is 1. The van der Waals surface area contributed by atoms with Gasteiger partial charge in [0.1, 0.15) is 31.3 Å². The number of hydrogen-bond acceptors (Lipinski definition) is 9. The molecule has 1 unspecified atom stereocenters. The second-order valence-electron chi connectivity index (χ2n) is 17.6. The first kappa shape index (κ1) is 57.2. The van der Waals surface area contributed by atoms with Gasteiger partial charge in [0.25, 0.3) is 0 Å². The minimum absolute atomic E-state index is 0.00435. The standard InChI is InChI=1S/C50H86NO10P/c1-8-10-12-13-22-28-33-45(52)34-29-23-18-14-16-20-25-31-37-49(53)57-41-46(42-59-62(55,56)58-40-39-51(5,6)7)60-50(54)38-32-26-21-17-15-19-24-30-36-48-44(4)43(3)47(61-48)35-27-11-9-2/h16,18,20,22-23,28-29,34,45-46,52H,8-15,17,19,21,24-27,30-33,35-42H2,1-7H3/p+1/b20-16-,23-18-,28-22-,34-29+/t45-,46-/m1/s1. The van der Waals surface area contributed by atoms with Crippen molar-refractivity contribution in [3.63, 3.8) is 0 Å². The molecule has 3 atom stereocenters. The van der Waals surface area contributed by atoms with Crippen molar-refractivity contribution in [1.82, 2.24) is 0 Å². The molecule has 11 nitrogen and oxygen atoms in total. The van der Waals surface area contributed by atoms with Crippen LogP contribution in [0.25, 0.3) is 0 Å². The van der Waals surface area contributed by atoms with Gasteiger partial charge >= 0.3 is 19.8 Å². The Labute approximate surface area is 376 Å². The Hall–Kier alpha value is -2.79. The topological polar surface area (TPSA) is 142 Å². The molecule has 62 heavy (non-hydrogen) atoms. The van der Waals surface area contributed by atoms with Gasteiger partial charge in [0.05, 0.1) is 33.9 Å². The molecule has 1 aromatic heterocycles. The molecule has 1 rings (SSSR count). The van der Waals surface area contributed by atoms with Crippen molar-refractivity contribution < 1.29 is 51.6 Å². The Morgan fingerprint density at radius 2 is 1.27 bits per heavy atom. The van der Waals surface area contributed by atoms with Gasteiger partial charge in [-0.05, 0) is 82.8 Å². The number of carbonyl (C=O) groups excluding carboxylic acids is 2. The van der Waals surface area contributed by atoms with Crippen molar-refractivity contribution >= 4 is 19.8 Å². The number of likely N-dealkylation sites (N-methyl/N-ethyl adjacent to an activating group) is 1. The minimum Gasteiger partial charge on any atom is -0.466 e. The SMILES string of the molecule is CCCCC/C=C\C[C@@H](O)/C=C/C=C\C/C=C\CCCC(=O)OC[C@H](COP(=O)(O)OCC[N+](C)(C)C)OC(=O)CCCCCCCCCCc1oc(CCCCC)c(C)c1C. The van der Waals surface area contributed by atoms with Crippen LogP contribution in [-0.4, -0.2) is 86.1 Å². The highest BCUT2D eigenvalue weighted by atomic mass is 31.2. The second-order valence-corrected chi connectivity index (χ2v) is 19.0. The fourth-order valence-corrected chi connectivity index (χ4v) is 7.30. The van der Waals surface area contributed by atoms with Gasteiger partial charge in [-0.1, -0.05) is 127 Å². The molecule has 0 aliphatic carbocycles. The summed E-state index contributed by atoms with van der Waals surface area (Å²) in [7, 11) is 1.39. The number of hydrogen-bond donors (Lipinski definition) is 2. The lowest BCUT2D eigenvalue weighted by molar-refractivity contribution is -0.870. The molecule has 2 N–H and O–H groups in total. The maximum atomic E-state index is 12.8. The van der Waals surface area contributed by atoms with Gasteiger partial charge in [-0.2, -0.15) is 0 Å². The fraction of sp³-hybridized carbons (Fsp3) is 0.720. The van der Waals surface area contributed by atoms with Crippen LogP contribution in [0, 0.1) is 13.8 Å². The molecular formula is C50H87NO10P+. The van der Waals surface area contributed by atoms with E-state index in [9.17, 15) is 24.2 Å². The van der Waals surface area contributed by atoms with Crippen LogP contribution in [0.4, 0.5) is 0 Å². The third-order valence-corrected chi connectivity index (χ3v) is 11.6. The third-order valence-electron chi connectivity index (χ3n) is 10.6. The first-order valence-electron chi connectivity index (χ1n) is 23.8. The minimum atomic E-state index is -4.42. The summed E-state index contributed by atoms with van der Waals surface area (Å²) in [5.74, 6) is 1.39. The summed E-state index contributed by atoms with van der Waals surface area (Å²) in [5.41, 5.74) is 2.64. The summed E-state index contributed by atoms with van der Waals surface area (Å²) in [5, 5.41) is 10.1. The van der Waals surface area contributed by atoms with Gasteiger partial charge in [-0.25, -0.2) is 4.57 Å². The van der Waals surface area contributed by atoms with Crippen molar-refractivity contribution in [3.05, 3.63) is 71.3 Å². The highest BCUT2D eigenvalue weighted by Gasteiger charge is 2.27. The number of rotatable bonds is 39. The maximum absolute atomic E-state index is 12.8. The molecule has 0 fully saturated rings. The van der Waals surface area contributed by atoms with Crippen LogP contribution in [-0.2, 0) is 45.5 Å². The Morgan fingerprint density at radius 3 is 1.94 bits per heavy atom. The number of ether oxygens (including phenoxy) is 2. The number of carbonyl (C=O) groups is 2. The number of phosphoric ester groups is 1. The lowest BCUT2D eigenvalue weighted by atomic mass is 10.0. The lowest BCUT2D eigenvalue weighted by Crippen LogP contribution is -2.37. The molecule has 0 saturated carbocycles. The van der Waals surface area contributed by atoms with E-state index in [1.54, 1.807) is 6.08 Å². The molecule has 0 radical (unpaired) electrons. The molecule has 0 aromatic carbocycles. The van der Waals surface area contributed by atoms with Crippen LogP contribution in [0.3, 0.4) is 0 Å². The van der Waals surface area contributed by atoms with E-state index < -0.39 is 38.6 Å². The van der Waals surface area contributed by atoms with Crippen LogP contribution in [0.15, 0.2) is 53.0 Å². The van der Waals surface area contributed by atoms with Crippen molar-refractivity contribution in [2.75, 3.05) is 47.5 Å². The number of quaternary nitrogens is 1. The third kappa shape index (κ3) is 32.0. The summed E-state index contributed by atoms with van der Waals surface area (Å²) in [6, 6.07) is 0. The van der Waals surface area contributed by atoms with Crippen LogP contribution >= 0.6 is 7.82 Å². The van der Waals surface area contributed by atoms with Crippen molar-refractivity contribution in [1.29, 1.82) is 0 Å². The lowest BCUT2D eigenvalue weighted by Gasteiger charge is -2.24. The maximum Gasteiger partial charge on any atom is 0.472 e. The molecule has 0 bridgehead atoms. The van der Waals surface area contributed by atoms with Gasteiger partial charge in [-0.15, -0.1) is 0 Å². The number of nitrogens with zero attached hydrogens (tertiary/aromatic N) is 1. The van der Waals surface area contributed by atoms with E-state index in [2.05, 4.69) is 33.8 Å². The Balaban J connectivity index is 2.40. The summed E-state index contributed by atoms with van der Waals surface area (Å²) in [6.45, 7) is 8.53. The molecule has 356 valence electrons. The Bertz CT molecular complexity index is 1490. The van der Waals surface area contributed by atoms with Gasteiger partial charge in [-0.3, -0.25) is 18.6 Å². The van der Waals surface area contributed by atoms with Gasteiger partial charge in [0.15, 0.2) is 6.10 Å². The van der Waals surface area contributed by atoms with Crippen LogP contribution in [0.2, 0.25) is 0 Å². The Kier molecular flexibility index (Phi) is 32.8. The number of aliphatic hydroxyl groups excluding tert-OH is 1. The van der Waals surface area contributed by atoms with Crippen LogP contribution in [0.5, 0.6) is 0 Å². The summed E-state index contributed by atoms with van der Waals surface area (Å²) in [6.07, 6.45) is 35.9. The molecule has 12 heteroatoms. The van der Waals surface area contributed by atoms with E-state index >= 15 is 0 Å². The number of esters is 2. The van der Waals surface area contributed by atoms with E-state index in [1.165, 1.54) is 68.3 Å². The monoisotopic (exact) mass is 893 g/mol. The summed E-state index contributed by atoms with van der Waals surface area (Å²) in [4.78, 5) is 35.5. The quantitative estimate of drug-likeness (QED) is 0.0164. The molecule has 0 spiro atoms. The summed E-state index contributed by atoms with van der Waals surface area (Å²) >= 11 is 0. The van der Waals surface area contributed by atoms with E-state index in [1.807, 2.05) is 57.6 Å². The number of unbranched alkanes of at least 4 members (excludes halogenated alkanes) is 13. The predicted molar refractivity (Wildman–Crippen MR) is 252 cm³/mol. The normalized spacial score (nSPS) is 14.4. The molecule has 0 saturated heterocycles. The van der Waals surface area contributed by atoms with E-state index in [0.717, 1.165) is 63.5 Å². The number of phosphoric acid groups is 1. The first-order valence-corrected chi connectivity index (χ1v) is 25.3. The molecule has 0 aliphatic heterocycles. The smallest absolute Gasteiger partial charge is 0.466 e. The number of allylic oxidation sites excluding steroid dienone is 6. The fourth-order valence-electron chi connectivity index (χ4n) is 6.56. The molecule has 0 aliphatic rings. The first-order chi connectivity index (χ1) is 29.7. The molecule has 0 amide bonds. The highest BCUT2D eigenvalue weighted by molar-refractivity contribution is 7.47. The number of aryl methyl sites for hydroxylation is 2. The van der Waals surface area contributed by atoms with E-state index in [-0.39, 0.29) is 26.1 Å². The molecule has 1 heterocycles. The van der Waals surface area contributed by atoms with Crippen LogP contribution < -0.4 is 0 Å². The van der Waals surface area contributed by atoms with Gasteiger partial charge < -0.3 is 28.4 Å². The van der Waals surface area contributed by atoms with Crippen LogP contribution in [0.1, 0.15) is 171 Å². The van der Waals surface area contributed by atoms with E-state index in [4.69, 9.17) is 22.9 Å². The van der Waals surface area contributed by atoms with Crippen molar-refractivity contribution in [2.24, 2.45) is 0 Å². The zero-order chi connectivity index (χ0) is 45.9. The molecular weight excluding hydrogens is 806 g/mol. The van der Waals surface area contributed by atoms with Gasteiger partial charge in [0.2, 0.25) is 0 Å². The molecule has 1 aromatic rings. The second kappa shape index (κ2) is 35.5. The Morgan fingerprint density at radius 1 is 0.694 bits per heavy atom. The zero-order valence-corrected chi connectivity index (χ0v) is 40.8. The number of aliphatic hydroxyl groups is 1. The predicted octanol–water partition coefficient (Wildman–Crippen LogP) is 12.1. The van der Waals surface area contributed by atoms with Gasteiger partial charge in [0, 0.05) is 25.7 Å². The van der Waals surface area contributed by atoms with Crippen molar-refractivity contribution in [3.8, 4) is 0 Å². The average Bonchev–Trinajstić information content (AvgIpc) is 3.48. The van der Waals surface area contributed by atoms with E-state index in [0.29, 0.717) is 36.7 Å². The summed E-state index contributed by atoms with van der Waals surface area (Å²) < 4.78 is 40.6. The van der Waals surface area contributed by atoms with Crippen molar-refractivity contribution in [2.45, 2.75) is 188 Å². The highest BCUT2D eigenvalue weighted by Crippen LogP contribution is 2.43. The average molecular weight is 893 g/mol. The largest absolute Gasteiger partial charge is 0.472 e. The zero-order valence-electron chi connectivity index (χ0n) is 39.9.